The fourth-order valence-electron chi connectivity index (χ4n) is 2.23. The minimum Gasteiger partial charge on any atom is -0.325 e. The third-order valence-electron chi connectivity index (χ3n) is 3.10. The zero-order valence-electron chi connectivity index (χ0n) is 11.7. The number of anilines is 1. The van der Waals surface area contributed by atoms with Crippen molar-refractivity contribution in [2.24, 2.45) is 0 Å². The van der Waals surface area contributed by atoms with Crippen LogP contribution in [0.2, 0.25) is 0 Å². The number of carbonyl (C=O) groups excluding carboxylic acids is 1. The molecule has 2 atom stereocenters. The Balaban J connectivity index is 1.96. The van der Waals surface area contributed by atoms with E-state index >= 15 is 0 Å². The van der Waals surface area contributed by atoms with Gasteiger partial charge in [-0.15, -0.1) is 0 Å². The van der Waals surface area contributed by atoms with Gasteiger partial charge in [0.05, 0.1) is 0 Å². The van der Waals surface area contributed by atoms with Crippen molar-refractivity contribution >= 4 is 11.6 Å². The van der Waals surface area contributed by atoms with Gasteiger partial charge in [0.25, 0.3) is 0 Å². The van der Waals surface area contributed by atoms with Gasteiger partial charge in [-0.25, -0.2) is 5.43 Å². The largest absolute Gasteiger partial charge is 0.325 e. The highest BCUT2D eigenvalue weighted by Crippen LogP contribution is 2.13. The molecule has 1 amide bonds. The fraction of sp³-hybridized carbons (Fsp3) is 0.500. The third-order valence-corrected chi connectivity index (χ3v) is 3.10. The van der Waals surface area contributed by atoms with Gasteiger partial charge in [-0.3, -0.25) is 10.2 Å². The number of hydrogen-bond acceptors (Lipinski definition) is 4. The summed E-state index contributed by atoms with van der Waals surface area (Å²) in [5.41, 5.74) is 8.10. The molecule has 2 rings (SSSR count). The second-order valence-corrected chi connectivity index (χ2v) is 5.41. The normalized spacial score (nSPS) is 22.7. The minimum absolute atomic E-state index is 0.0128. The molecule has 0 bridgehead atoms. The summed E-state index contributed by atoms with van der Waals surface area (Å²) >= 11 is 0. The zero-order valence-corrected chi connectivity index (χ0v) is 11.7. The first-order valence-corrected chi connectivity index (χ1v) is 6.60. The monoisotopic (exact) mass is 262 g/mol. The van der Waals surface area contributed by atoms with Gasteiger partial charge in [-0.1, -0.05) is 12.1 Å². The third kappa shape index (κ3) is 4.02. The van der Waals surface area contributed by atoms with E-state index in [4.69, 9.17) is 0 Å². The molecule has 0 spiro atoms. The van der Waals surface area contributed by atoms with Crippen LogP contribution in [0, 0.1) is 0 Å². The molecule has 104 valence electrons. The van der Waals surface area contributed by atoms with Gasteiger partial charge in [-0.2, -0.15) is 0 Å². The lowest BCUT2D eigenvalue weighted by molar-refractivity contribution is -0.117. The van der Waals surface area contributed by atoms with Crippen molar-refractivity contribution < 1.29 is 4.79 Å². The summed E-state index contributed by atoms with van der Waals surface area (Å²) in [6.07, 6.45) is 0.809. The van der Waals surface area contributed by atoms with Crippen molar-refractivity contribution in [3.8, 4) is 0 Å². The Morgan fingerprint density at radius 1 is 1.42 bits per heavy atom. The van der Waals surface area contributed by atoms with Gasteiger partial charge >= 0.3 is 0 Å². The smallest absolute Gasteiger partial charge is 0.242 e. The molecule has 1 aliphatic rings. The lowest BCUT2D eigenvalue weighted by atomic mass is 10.1. The molecule has 2 unspecified atom stereocenters. The number of rotatable bonds is 4. The van der Waals surface area contributed by atoms with Gasteiger partial charge < -0.3 is 10.2 Å². The van der Waals surface area contributed by atoms with Gasteiger partial charge in [0, 0.05) is 18.3 Å². The predicted octanol–water partition coefficient (Wildman–Crippen LogP) is 0.942. The molecule has 1 fully saturated rings. The van der Waals surface area contributed by atoms with Crippen molar-refractivity contribution in [2.75, 3.05) is 19.4 Å². The number of benzene rings is 1. The maximum atomic E-state index is 12.1. The van der Waals surface area contributed by atoms with Crippen molar-refractivity contribution in [2.45, 2.75) is 32.0 Å². The highest BCUT2D eigenvalue weighted by molar-refractivity contribution is 5.95. The van der Waals surface area contributed by atoms with E-state index in [9.17, 15) is 4.79 Å². The molecule has 1 saturated heterocycles. The second-order valence-electron chi connectivity index (χ2n) is 5.41. The van der Waals surface area contributed by atoms with E-state index in [2.05, 4.69) is 34.1 Å². The summed E-state index contributed by atoms with van der Waals surface area (Å²) in [5, 5.41) is 2.96. The molecule has 5 nitrogen and oxygen atoms in total. The quantitative estimate of drug-likeness (QED) is 0.756. The van der Waals surface area contributed by atoms with Crippen LogP contribution in [0.15, 0.2) is 24.3 Å². The van der Waals surface area contributed by atoms with Gasteiger partial charge in [0.2, 0.25) is 5.91 Å². The maximum Gasteiger partial charge on any atom is 0.242 e. The van der Waals surface area contributed by atoms with E-state index in [0.29, 0.717) is 6.04 Å². The highest BCUT2D eigenvalue weighted by atomic mass is 16.2. The molecule has 1 aromatic rings. The van der Waals surface area contributed by atoms with Crippen LogP contribution in [-0.2, 0) is 11.3 Å². The Hall–Kier alpha value is -1.43. The summed E-state index contributed by atoms with van der Waals surface area (Å²) in [4.78, 5) is 14.2. The zero-order chi connectivity index (χ0) is 13.8. The van der Waals surface area contributed by atoms with Crippen molar-refractivity contribution in [3.05, 3.63) is 29.8 Å². The van der Waals surface area contributed by atoms with Gasteiger partial charge in [0.1, 0.15) is 6.04 Å². The molecule has 1 aromatic carbocycles. The first-order valence-electron chi connectivity index (χ1n) is 6.60. The summed E-state index contributed by atoms with van der Waals surface area (Å²) in [6.45, 7) is 2.92. The average Bonchev–Trinajstić information content (AvgIpc) is 2.75. The van der Waals surface area contributed by atoms with Crippen LogP contribution in [0.25, 0.3) is 0 Å². The number of amides is 1. The Labute approximate surface area is 114 Å². The molecule has 3 N–H and O–H groups in total. The summed E-state index contributed by atoms with van der Waals surface area (Å²) < 4.78 is 0. The molecule has 5 heteroatoms. The van der Waals surface area contributed by atoms with E-state index < -0.39 is 0 Å². The standard InChI is InChI=1S/C14H22N4O/c1-10-7-13(17-16-10)14(19)15-12-6-4-5-11(8-12)9-18(2)3/h4-6,8,10,13,16-17H,7,9H2,1-3H3,(H,15,19). The van der Waals surface area contributed by atoms with Crippen LogP contribution < -0.4 is 16.2 Å². The highest BCUT2D eigenvalue weighted by Gasteiger charge is 2.26. The molecule has 0 aromatic heterocycles. The van der Waals surface area contributed by atoms with E-state index in [0.717, 1.165) is 18.7 Å². The minimum atomic E-state index is -0.160. The topological polar surface area (TPSA) is 56.4 Å². The van der Waals surface area contributed by atoms with Crippen LogP contribution in [0.4, 0.5) is 5.69 Å². The Morgan fingerprint density at radius 3 is 2.84 bits per heavy atom. The van der Waals surface area contributed by atoms with Crippen LogP contribution >= 0.6 is 0 Å². The summed E-state index contributed by atoms with van der Waals surface area (Å²) in [6, 6.07) is 8.14. The van der Waals surface area contributed by atoms with Gasteiger partial charge in [0.15, 0.2) is 0 Å². The molecular weight excluding hydrogens is 240 g/mol. The molecule has 0 saturated carbocycles. The second kappa shape index (κ2) is 6.14. The Morgan fingerprint density at radius 2 is 2.21 bits per heavy atom. The lowest BCUT2D eigenvalue weighted by Gasteiger charge is -2.13. The van der Waals surface area contributed by atoms with E-state index in [1.165, 1.54) is 5.56 Å². The number of nitrogens with zero attached hydrogens (tertiary/aromatic N) is 1. The van der Waals surface area contributed by atoms with Crippen LogP contribution in [0.3, 0.4) is 0 Å². The molecule has 1 heterocycles. The number of hydrazine groups is 1. The molecule has 1 aliphatic heterocycles. The molecule has 19 heavy (non-hydrogen) atoms. The van der Waals surface area contributed by atoms with Gasteiger partial charge in [-0.05, 0) is 45.1 Å². The first-order chi connectivity index (χ1) is 9.04. The molecular formula is C14H22N4O. The predicted molar refractivity (Wildman–Crippen MR) is 76.6 cm³/mol. The van der Waals surface area contributed by atoms with Crippen molar-refractivity contribution in [1.29, 1.82) is 0 Å². The van der Waals surface area contributed by atoms with Crippen LogP contribution in [-0.4, -0.2) is 37.0 Å². The number of carbonyl (C=O) groups is 1. The van der Waals surface area contributed by atoms with Crippen molar-refractivity contribution in [3.63, 3.8) is 0 Å². The SMILES string of the molecule is CC1CC(C(=O)Nc2cccc(CN(C)C)c2)NN1. The number of hydrogen-bond donors (Lipinski definition) is 3. The van der Waals surface area contributed by atoms with Crippen molar-refractivity contribution in [1.82, 2.24) is 15.8 Å². The maximum absolute atomic E-state index is 12.1. The Kier molecular flexibility index (Phi) is 4.52. The first kappa shape index (κ1) is 14.0. The molecule has 0 aliphatic carbocycles. The fourth-order valence-corrected chi connectivity index (χ4v) is 2.23. The van der Waals surface area contributed by atoms with Crippen LogP contribution in [0.5, 0.6) is 0 Å². The van der Waals surface area contributed by atoms with E-state index in [1.54, 1.807) is 0 Å². The van der Waals surface area contributed by atoms with E-state index in [1.807, 2.05) is 32.3 Å². The Bertz CT molecular complexity index is 447. The molecule has 0 radical (unpaired) electrons. The van der Waals surface area contributed by atoms with Crippen LogP contribution in [0.1, 0.15) is 18.9 Å². The van der Waals surface area contributed by atoms with E-state index in [-0.39, 0.29) is 11.9 Å². The summed E-state index contributed by atoms with van der Waals surface area (Å²) in [7, 11) is 4.06. The average molecular weight is 262 g/mol. The summed E-state index contributed by atoms with van der Waals surface area (Å²) in [5.74, 6) is 0.0128. The number of nitrogens with one attached hydrogen (secondary N) is 3. The lowest BCUT2D eigenvalue weighted by Crippen LogP contribution is -2.39.